The van der Waals surface area contributed by atoms with Crippen LogP contribution in [0.5, 0.6) is 0 Å². The highest BCUT2D eigenvalue weighted by Crippen LogP contribution is 2.12. The molecule has 0 aromatic carbocycles. The Hall–Kier alpha value is -1.95. The fraction of sp³-hybridized carbons (Fsp3) is 0. The Labute approximate surface area is 97.2 Å². The second-order valence-electron chi connectivity index (χ2n) is 2.93. The summed E-state index contributed by atoms with van der Waals surface area (Å²) in [6, 6.07) is 3.24. The Bertz CT molecular complexity index is 430. The van der Waals surface area contributed by atoms with Crippen molar-refractivity contribution in [2.24, 2.45) is 0 Å². The van der Waals surface area contributed by atoms with Crippen molar-refractivity contribution in [3.63, 3.8) is 0 Å². The molecule has 0 unspecified atom stereocenters. The van der Waals surface area contributed by atoms with Gasteiger partial charge in [-0.05, 0) is 24.3 Å². The summed E-state index contributed by atoms with van der Waals surface area (Å²) in [6.07, 6.45) is 8.65. The average molecular weight is 234 g/mol. The normalized spacial score (nSPS) is 13.6. The SMILES string of the molecule is O=C(NC1=CC=CNS1)Nc1cccnc1. The van der Waals surface area contributed by atoms with Crippen molar-refractivity contribution >= 4 is 23.7 Å². The van der Waals surface area contributed by atoms with Crippen molar-refractivity contribution in [2.75, 3.05) is 5.32 Å². The third-order valence-electron chi connectivity index (χ3n) is 1.74. The first-order chi connectivity index (χ1) is 7.84. The maximum absolute atomic E-state index is 11.5. The fourth-order valence-electron chi connectivity index (χ4n) is 1.08. The lowest BCUT2D eigenvalue weighted by Crippen LogP contribution is -2.28. The Kier molecular flexibility index (Phi) is 3.45. The van der Waals surface area contributed by atoms with Crippen LogP contribution in [-0.2, 0) is 0 Å². The van der Waals surface area contributed by atoms with Gasteiger partial charge in [0.15, 0.2) is 0 Å². The van der Waals surface area contributed by atoms with Gasteiger partial charge in [-0.1, -0.05) is 0 Å². The molecule has 1 aromatic rings. The van der Waals surface area contributed by atoms with Crippen LogP contribution in [0.4, 0.5) is 10.5 Å². The molecule has 2 rings (SSSR count). The van der Waals surface area contributed by atoms with Gasteiger partial charge in [0, 0.05) is 24.3 Å². The molecule has 1 aromatic heterocycles. The van der Waals surface area contributed by atoms with Crippen molar-refractivity contribution in [2.45, 2.75) is 0 Å². The fourth-order valence-corrected chi connectivity index (χ4v) is 1.65. The van der Waals surface area contributed by atoms with Gasteiger partial charge < -0.3 is 15.4 Å². The molecule has 5 nitrogen and oxygen atoms in total. The average Bonchev–Trinajstić information content (AvgIpc) is 2.31. The Morgan fingerprint density at radius 3 is 3.06 bits per heavy atom. The Morgan fingerprint density at radius 2 is 2.38 bits per heavy atom. The van der Waals surface area contributed by atoms with Crippen LogP contribution in [0, 0.1) is 0 Å². The van der Waals surface area contributed by atoms with Gasteiger partial charge in [0.05, 0.1) is 16.9 Å². The highest BCUT2D eigenvalue weighted by atomic mass is 32.2. The van der Waals surface area contributed by atoms with Gasteiger partial charge in [-0.15, -0.1) is 0 Å². The second kappa shape index (κ2) is 5.22. The number of rotatable bonds is 2. The molecular weight excluding hydrogens is 224 g/mol. The van der Waals surface area contributed by atoms with Gasteiger partial charge in [-0.2, -0.15) is 0 Å². The van der Waals surface area contributed by atoms with Crippen LogP contribution in [0.3, 0.4) is 0 Å². The summed E-state index contributed by atoms with van der Waals surface area (Å²) in [5.41, 5.74) is 0.657. The first kappa shape index (κ1) is 10.6. The molecule has 0 radical (unpaired) electrons. The van der Waals surface area contributed by atoms with Crippen molar-refractivity contribution in [1.82, 2.24) is 15.0 Å². The van der Waals surface area contributed by atoms with Crippen molar-refractivity contribution in [3.05, 3.63) is 47.9 Å². The summed E-state index contributed by atoms with van der Waals surface area (Å²) >= 11 is 1.34. The summed E-state index contributed by atoms with van der Waals surface area (Å²) in [7, 11) is 0. The molecule has 0 fully saturated rings. The molecule has 0 atom stereocenters. The number of carbonyl (C=O) groups is 1. The zero-order valence-electron chi connectivity index (χ0n) is 8.31. The van der Waals surface area contributed by atoms with E-state index < -0.39 is 0 Å². The number of anilines is 1. The summed E-state index contributed by atoms with van der Waals surface area (Å²) in [5, 5.41) is 6.11. The van der Waals surface area contributed by atoms with E-state index in [-0.39, 0.29) is 6.03 Å². The predicted octanol–water partition coefficient (Wildman–Crippen LogP) is 1.81. The Morgan fingerprint density at radius 1 is 1.44 bits per heavy atom. The lowest BCUT2D eigenvalue weighted by molar-refractivity contribution is 0.255. The third kappa shape index (κ3) is 3.03. The molecule has 2 heterocycles. The van der Waals surface area contributed by atoms with Gasteiger partial charge in [-0.25, -0.2) is 4.79 Å². The number of amides is 2. The van der Waals surface area contributed by atoms with Crippen LogP contribution < -0.4 is 15.4 Å². The summed E-state index contributed by atoms with van der Waals surface area (Å²) < 4.78 is 2.92. The second-order valence-corrected chi connectivity index (χ2v) is 3.81. The molecule has 1 aliphatic heterocycles. The molecule has 0 saturated heterocycles. The molecule has 6 heteroatoms. The Balaban J connectivity index is 1.89. The lowest BCUT2D eigenvalue weighted by Gasteiger charge is -2.11. The molecule has 0 saturated carbocycles. The molecule has 16 heavy (non-hydrogen) atoms. The largest absolute Gasteiger partial charge is 0.331 e. The van der Waals surface area contributed by atoms with Crippen molar-refractivity contribution in [1.29, 1.82) is 0 Å². The molecule has 0 aliphatic carbocycles. The van der Waals surface area contributed by atoms with Crippen LogP contribution in [0.1, 0.15) is 0 Å². The minimum atomic E-state index is -0.288. The summed E-state index contributed by atoms with van der Waals surface area (Å²) in [6.45, 7) is 0. The monoisotopic (exact) mass is 234 g/mol. The van der Waals surface area contributed by atoms with Crippen LogP contribution in [-0.4, -0.2) is 11.0 Å². The van der Waals surface area contributed by atoms with E-state index in [1.54, 1.807) is 30.7 Å². The van der Waals surface area contributed by atoms with E-state index >= 15 is 0 Å². The van der Waals surface area contributed by atoms with Gasteiger partial charge in [-0.3, -0.25) is 4.98 Å². The zero-order chi connectivity index (χ0) is 11.2. The lowest BCUT2D eigenvalue weighted by atomic mass is 10.4. The van der Waals surface area contributed by atoms with E-state index in [4.69, 9.17) is 0 Å². The molecule has 2 amide bonds. The number of hydrogen-bond donors (Lipinski definition) is 3. The zero-order valence-corrected chi connectivity index (χ0v) is 9.12. The van der Waals surface area contributed by atoms with Gasteiger partial charge in [0.2, 0.25) is 0 Å². The molecule has 0 spiro atoms. The molecule has 3 N–H and O–H groups in total. The first-order valence-corrected chi connectivity index (χ1v) is 5.43. The highest BCUT2D eigenvalue weighted by Gasteiger charge is 2.05. The maximum atomic E-state index is 11.5. The van der Waals surface area contributed by atoms with E-state index in [1.807, 2.05) is 12.2 Å². The third-order valence-corrected chi connectivity index (χ3v) is 2.45. The number of nitrogens with one attached hydrogen (secondary N) is 3. The number of urea groups is 1. The van der Waals surface area contributed by atoms with Gasteiger partial charge >= 0.3 is 6.03 Å². The van der Waals surface area contributed by atoms with Crippen LogP contribution >= 0.6 is 11.9 Å². The van der Waals surface area contributed by atoms with E-state index in [1.165, 1.54) is 11.9 Å². The van der Waals surface area contributed by atoms with Crippen LogP contribution in [0.15, 0.2) is 47.9 Å². The minimum Gasteiger partial charge on any atom is -0.331 e. The van der Waals surface area contributed by atoms with E-state index in [0.29, 0.717) is 5.69 Å². The number of hydrogen-bond acceptors (Lipinski definition) is 4. The maximum Gasteiger partial charge on any atom is 0.324 e. The van der Waals surface area contributed by atoms with Crippen molar-refractivity contribution < 1.29 is 4.79 Å². The van der Waals surface area contributed by atoms with Gasteiger partial charge in [0.25, 0.3) is 0 Å². The molecule has 0 bridgehead atoms. The number of aromatic nitrogens is 1. The number of carbonyl (C=O) groups excluding carboxylic acids is 1. The first-order valence-electron chi connectivity index (χ1n) is 4.62. The van der Waals surface area contributed by atoms with Crippen molar-refractivity contribution in [3.8, 4) is 0 Å². The van der Waals surface area contributed by atoms with Crippen LogP contribution in [0.25, 0.3) is 0 Å². The minimum absolute atomic E-state index is 0.288. The number of nitrogens with zero attached hydrogens (tertiary/aromatic N) is 1. The number of pyridine rings is 1. The van der Waals surface area contributed by atoms with E-state index in [9.17, 15) is 4.79 Å². The summed E-state index contributed by atoms with van der Waals surface area (Å²) in [5.74, 6) is 0. The van der Waals surface area contributed by atoms with Crippen LogP contribution in [0.2, 0.25) is 0 Å². The highest BCUT2D eigenvalue weighted by molar-refractivity contribution is 8.01. The summed E-state index contributed by atoms with van der Waals surface area (Å²) in [4.78, 5) is 15.4. The quantitative estimate of drug-likeness (QED) is 0.683. The predicted molar refractivity (Wildman–Crippen MR) is 64.3 cm³/mol. The topological polar surface area (TPSA) is 66.1 Å². The smallest absolute Gasteiger partial charge is 0.324 e. The standard InChI is InChI=1S/C10H10N4OS/c15-10(13-8-3-1-5-11-7-8)14-9-4-2-6-12-16-9/h1-7,12H,(H2,13,14,15). The number of allylic oxidation sites excluding steroid dienone is 2. The molecule has 1 aliphatic rings. The van der Waals surface area contributed by atoms with E-state index in [0.717, 1.165) is 5.03 Å². The van der Waals surface area contributed by atoms with Gasteiger partial charge in [0.1, 0.15) is 0 Å². The molecular formula is C10H10N4OS. The van der Waals surface area contributed by atoms with E-state index in [2.05, 4.69) is 20.3 Å². The molecule has 82 valence electrons.